The van der Waals surface area contributed by atoms with Crippen molar-refractivity contribution in [2.45, 2.75) is 25.9 Å². The van der Waals surface area contributed by atoms with Crippen LogP contribution in [0.3, 0.4) is 0 Å². The summed E-state index contributed by atoms with van der Waals surface area (Å²) in [4.78, 5) is 11.7. The smallest absolute Gasteiger partial charge is 0.330 e. The van der Waals surface area contributed by atoms with Crippen LogP contribution in [0.5, 0.6) is 0 Å². The first-order valence-electron chi connectivity index (χ1n) is 6.39. The minimum Gasteiger partial charge on any atom is -0.330 e. The van der Waals surface area contributed by atoms with Crippen LogP contribution >= 0.6 is 0 Å². The minimum absolute atomic E-state index is 0.0201. The number of anilines is 1. The van der Waals surface area contributed by atoms with Crippen LogP contribution in [0.4, 0.5) is 18.9 Å². The van der Waals surface area contributed by atoms with E-state index in [9.17, 15) is 18.0 Å². The van der Waals surface area contributed by atoms with Gasteiger partial charge >= 0.3 is 6.18 Å². The van der Waals surface area contributed by atoms with Gasteiger partial charge in [0.05, 0.1) is 17.2 Å². The number of hydrogen-bond acceptors (Lipinski definition) is 3. The molecule has 0 spiro atoms. The second kappa shape index (κ2) is 7.09. The Bertz CT molecular complexity index is 549. The van der Waals surface area contributed by atoms with E-state index in [0.717, 1.165) is 12.1 Å². The highest BCUT2D eigenvalue weighted by Gasteiger charge is 2.33. The molecule has 1 rings (SSSR count). The summed E-state index contributed by atoms with van der Waals surface area (Å²) in [5, 5.41) is 11.1. The second-order valence-electron chi connectivity index (χ2n) is 4.80. The Morgan fingerprint density at radius 1 is 1.48 bits per heavy atom. The van der Waals surface area contributed by atoms with E-state index in [-0.39, 0.29) is 23.9 Å². The topological polar surface area (TPSA) is 78.9 Å². The molecule has 3 N–H and O–H groups in total. The third-order valence-electron chi connectivity index (χ3n) is 3.00. The van der Waals surface area contributed by atoms with Crippen molar-refractivity contribution in [3.8, 4) is 6.07 Å². The van der Waals surface area contributed by atoms with Gasteiger partial charge in [0, 0.05) is 12.1 Å². The highest BCUT2D eigenvalue weighted by atomic mass is 19.4. The maximum Gasteiger partial charge on any atom is 0.417 e. The predicted molar refractivity (Wildman–Crippen MR) is 72.2 cm³/mol. The monoisotopic (exact) mass is 299 g/mol. The van der Waals surface area contributed by atoms with E-state index in [4.69, 9.17) is 11.0 Å². The van der Waals surface area contributed by atoms with Crippen molar-refractivity contribution < 1.29 is 18.0 Å². The zero-order valence-corrected chi connectivity index (χ0v) is 11.5. The summed E-state index contributed by atoms with van der Waals surface area (Å²) in [5.74, 6) is -0.212. The van der Waals surface area contributed by atoms with Crippen LogP contribution in [0.25, 0.3) is 0 Å². The molecule has 1 aromatic carbocycles. The van der Waals surface area contributed by atoms with Crippen molar-refractivity contribution >= 4 is 11.6 Å². The maximum atomic E-state index is 12.8. The number of hydrogen-bond donors (Lipinski definition) is 2. The average molecular weight is 299 g/mol. The lowest BCUT2D eigenvalue weighted by Crippen LogP contribution is -2.17. The first kappa shape index (κ1) is 17.0. The Kier molecular flexibility index (Phi) is 5.73. The van der Waals surface area contributed by atoms with Gasteiger partial charge in [0.2, 0.25) is 5.91 Å². The number of nitrogens with one attached hydrogen (secondary N) is 1. The molecular formula is C14H16F3N3O. The fraction of sp³-hybridized carbons (Fsp3) is 0.429. The lowest BCUT2D eigenvalue weighted by molar-refractivity contribution is -0.137. The zero-order chi connectivity index (χ0) is 16.0. The van der Waals surface area contributed by atoms with Gasteiger partial charge in [-0.2, -0.15) is 18.4 Å². The molecule has 0 saturated heterocycles. The summed E-state index contributed by atoms with van der Waals surface area (Å²) in [7, 11) is 0. The summed E-state index contributed by atoms with van der Waals surface area (Å²) in [6.45, 7) is 2.33. The molecule has 0 aliphatic carbocycles. The van der Waals surface area contributed by atoms with Crippen molar-refractivity contribution in [2.75, 3.05) is 11.9 Å². The van der Waals surface area contributed by atoms with Crippen LogP contribution in [-0.4, -0.2) is 12.5 Å². The van der Waals surface area contributed by atoms with Crippen LogP contribution in [0, 0.1) is 17.2 Å². The Labute approximate surface area is 120 Å². The molecule has 0 aromatic heterocycles. The number of nitriles is 1. The van der Waals surface area contributed by atoms with E-state index < -0.39 is 17.3 Å². The normalized spacial score (nSPS) is 12.6. The minimum atomic E-state index is -4.64. The van der Waals surface area contributed by atoms with E-state index >= 15 is 0 Å². The van der Waals surface area contributed by atoms with Gasteiger partial charge in [-0.1, -0.05) is 6.92 Å². The van der Waals surface area contributed by atoms with Gasteiger partial charge < -0.3 is 11.1 Å². The molecule has 0 saturated carbocycles. The second-order valence-corrected chi connectivity index (χ2v) is 4.80. The van der Waals surface area contributed by atoms with Crippen molar-refractivity contribution in [2.24, 2.45) is 11.7 Å². The molecule has 1 atom stereocenters. The van der Waals surface area contributed by atoms with Crippen LogP contribution in [0.2, 0.25) is 0 Å². The van der Waals surface area contributed by atoms with Crippen LogP contribution < -0.4 is 11.1 Å². The van der Waals surface area contributed by atoms with E-state index in [1.165, 1.54) is 12.1 Å². The molecule has 0 fully saturated rings. The van der Waals surface area contributed by atoms with Crippen LogP contribution in [-0.2, 0) is 11.0 Å². The average Bonchev–Trinajstić information content (AvgIpc) is 2.43. The molecule has 21 heavy (non-hydrogen) atoms. The van der Waals surface area contributed by atoms with Gasteiger partial charge in [-0.05, 0) is 37.1 Å². The van der Waals surface area contributed by atoms with Gasteiger partial charge in [-0.15, -0.1) is 0 Å². The third-order valence-corrected chi connectivity index (χ3v) is 3.00. The SMILES string of the molecule is CC(CN)CCC(=O)Nc1ccc(C#N)c(C(F)(F)F)c1. The molecule has 0 radical (unpaired) electrons. The van der Waals surface area contributed by atoms with Crippen molar-refractivity contribution in [1.82, 2.24) is 0 Å². The summed E-state index contributed by atoms with van der Waals surface area (Å²) >= 11 is 0. The Balaban J connectivity index is 2.82. The molecule has 1 amide bonds. The molecule has 0 heterocycles. The number of halogens is 3. The lowest BCUT2D eigenvalue weighted by Gasteiger charge is -2.12. The lowest BCUT2D eigenvalue weighted by atomic mass is 10.1. The Hall–Kier alpha value is -2.07. The Morgan fingerprint density at radius 3 is 2.67 bits per heavy atom. The van der Waals surface area contributed by atoms with E-state index in [2.05, 4.69) is 5.32 Å². The van der Waals surface area contributed by atoms with Gasteiger partial charge in [-0.3, -0.25) is 4.79 Å². The quantitative estimate of drug-likeness (QED) is 0.877. The van der Waals surface area contributed by atoms with E-state index in [1.807, 2.05) is 6.92 Å². The zero-order valence-electron chi connectivity index (χ0n) is 11.5. The summed E-state index contributed by atoms with van der Waals surface area (Å²) in [5.41, 5.74) is 3.91. The standard InChI is InChI=1S/C14H16F3N3O/c1-9(7-18)2-5-13(21)20-11-4-3-10(8-19)12(6-11)14(15,16)17/h3-4,6,9H,2,5,7,18H2,1H3,(H,20,21). The number of alkyl halides is 3. The molecule has 7 heteroatoms. The molecule has 0 aliphatic heterocycles. The fourth-order valence-electron chi connectivity index (χ4n) is 1.67. The summed E-state index contributed by atoms with van der Waals surface area (Å²) in [6, 6.07) is 4.57. The number of nitrogens with two attached hydrogens (primary N) is 1. The fourth-order valence-corrected chi connectivity index (χ4v) is 1.67. The van der Waals surface area contributed by atoms with Crippen LogP contribution in [0.15, 0.2) is 18.2 Å². The van der Waals surface area contributed by atoms with Crippen molar-refractivity contribution in [3.05, 3.63) is 29.3 Å². The third kappa shape index (κ3) is 5.08. The van der Waals surface area contributed by atoms with Crippen molar-refractivity contribution in [1.29, 1.82) is 5.26 Å². The summed E-state index contributed by atoms with van der Waals surface area (Å²) < 4.78 is 38.3. The molecule has 114 valence electrons. The first-order chi connectivity index (χ1) is 9.77. The molecule has 0 aliphatic rings. The highest BCUT2D eigenvalue weighted by Crippen LogP contribution is 2.33. The van der Waals surface area contributed by atoms with E-state index in [1.54, 1.807) is 0 Å². The predicted octanol–water partition coefficient (Wildman–Crippen LogP) is 2.89. The molecule has 1 unspecified atom stereocenters. The maximum absolute atomic E-state index is 12.8. The Morgan fingerprint density at radius 2 is 2.14 bits per heavy atom. The number of rotatable bonds is 5. The molecule has 1 aromatic rings. The van der Waals surface area contributed by atoms with Crippen molar-refractivity contribution in [3.63, 3.8) is 0 Å². The number of benzene rings is 1. The number of amides is 1. The largest absolute Gasteiger partial charge is 0.417 e. The van der Waals surface area contributed by atoms with Gasteiger partial charge in [0.15, 0.2) is 0 Å². The molecular weight excluding hydrogens is 283 g/mol. The molecule has 0 bridgehead atoms. The number of carbonyl (C=O) groups excluding carboxylic acids is 1. The van der Waals surface area contributed by atoms with Gasteiger partial charge in [0.25, 0.3) is 0 Å². The van der Waals surface area contributed by atoms with Gasteiger partial charge in [0.1, 0.15) is 0 Å². The number of nitrogens with zero attached hydrogens (tertiary/aromatic N) is 1. The van der Waals surface area contributed by atoms with E-state index in [0.29, 0.717) is 13.0 Å². The van der Waals surface area contributed by atoms with Crippen LogP contribution in [0.1, 0.15) is 30.9 Å². The van der Waals surface area contributed by atoms with Gasteiger partial charge in [-0.25, -0.2) is 0 Å². The molecule has 4 nitrogen and oxygen atoms in total. The first-order valence-corrected chi connectivity index (χ1v) is 6.39. The number of carbonyl (C=O) groups is 1. The highest BCUT2D eigenvalue weighted by molar-refractivity contribution is 5.90. The summed E-state index contributed by atoms with van der Waals surface area (Å²) in [6.07, 6.45) is -3.90.